The summed E-state index contributed by atoms with van der Waals surface area (Å²) >= 11 is 4.37. The van der Waals surface area contributed by atoms with E-state index in [0.29, 0.717) is 5.92 Å². The Labute approximate surface area is 206 Å². The van der Waals surface area contributed by atoms with Crippen LogP contribution in [0.1, 0.15) is 89.0 Å². The van der Waals surface area contributed by atoms with E-state index < -0.39 is 5.97 Å². The van der Waals surface area contributed by atoms with Gasteiger partial charge in [0.2, 0.25) is 0 Å². The summed E-state index contributed by atoms with van der Waals surface area (Å²) in [7, 11) is 0. The number of halogens is 1. The predicted molar refractivity (Wildman–Crippen MR) is 142 cm³/mol. The second-order valence-electron chi connectivity index (χ2n) is 8.34. The molecule has 4 heteroatoms. The van der Waals surface area contributed by atoms with Crippen molar-refractivity contribution in [2.24, 2.45) is 0 Å². The van der Waals surface area contributed by atoms with Crippen LogP contribution in [-0.2, 0) is 4.79 Å². The summed E-state index contributed by atoms with van der Waals surface area (Å²) in [6.07, 6.45) is 12.2. The molecule has 0 radical (unpaired) electrons. The fourth-order valence-corrected chi connectivity index (χ4v) is 5.55. The third kappa shape index (κ3) is 11.4. The monoisotopic (exact) mass is 552 g/mol. The molecule has 2 rings (SSSR count). The number of carboxylic acid groups (broad SMARTS) is 1. The highest BCUT2D eigenvalue weighted by molar-refractivity contribution is 14.1. The highest BCUT2D eigenvalue weighted by atomic mass is 127. The average molecular weight is 553 g/mol. The molecule has 0 heterocycles. The van der Waals surface area contributed by atoms with Gasteiger partial charge in [-0.2, -0.15) is 0 Å². The van der Waals surface area contributed by atoms with Gasteiger partial charge < -0.3 is 5.11 Å². The lowest BCUT2D eigenvalue weighted by Crippen LogP contribution is -2.02. The van der Waals surface area contributed by atoms with Crippen molar-refractivity contribution < 1.29 is 9.90 Å². The number of carboxylic acids is 1. The second kappa shape index (κ2) is 15.7. The van der Waals surface area contributed by atoms with E-state index in [2.05, 4.69) is 84.1 Å². The second-order valence-corrected chi connectivity index (χ2v) is 11.0. The Kier molecular flexibility index (Phi) is 13.3. The number of aliphatic carboxylic acids is 1. The van der Waals surface area contributed by atoms with E-state index in [1.54, 1.807) is 0 Å². The van der Waals surface area contributed by atoms with Crippen LogP contribution in [-0.4, -0.2) is 16.3 Å². The third-order valence-corrected chi connectivity index (χ3v) is 8.03. The zero-order valence-corrected chi connectivity index (χ0v) is 21.7. The maximum atomic E-state index is 10.9. The summed E-state index contributed by atoms with van der Waals surface area (Å²) in [5.74, 6) is -0.194. The number of benzene rings is 2. The molecule has 0 aliphatic rings. The van der Waals surface area contributed by atoms with Crippen LogP contribution in [0.25, 0.3) is 0 Å². The Bertz CT molecular complexity index is 733. The largest absolute Gasteiger partial charge is 0.481 e. The van der Waals surface area contributed by atoms with Crippen molar-refractivity contribution >= 4 is 40.3 Å². The van der Waals surface area contributed by atoms with E-state index in [4.69, 9.17) is 5.11 Å². The molecule has 2 unspecified atom stereocenters. The van der Waals surface area contributed by atoms with E-state index in [-0.39, 0.29) is 6.42 Å². The number of hydrogen-bond acceptors (Lipinski definition) is 2. The van der Waals surface area contributed by atoms with E-state index in [9.17, 15) is 4.79 Å². The topological polar surface area (TPSA) is 37.3 Å². The maximum Gasteiger partial charge on any atom is 0.303 e. The summed E-state index contributed by atoms with van der Waals surface area (Å²) in [5.41, 5.74) is 1.37. The summed E-state index contributed by atoms with van der Waals surface area (Å²) in [6.45, 7) is 2.30. The highest BCUT2D eigenvalue weighted by Crippen LogP contribution is 2.30. The van der Waals surface area contributed by atoms with E-state index in [1.807, 2.05) is 11.8 Å². The Hall–Kier alpha value is -1.01. The average Bonchev–Trinajstić information content (AvgIpc) is 2.77. The molecule has 0 aromatic heterocycles. The van der Waals surface area contributed by atoms with E-state index >= 15 is 0 Å². The molecular weight excluding hydrogens is 515 g/mol. The summed E-state index contributed by atoms with van der Waals surface area (Å²) in [4.78, 5) is 12.3. The van der Waals surface area contributed by atoms with E-state index in [1.165, 1.54) is 65.4 Å². The molecule has 0 aliphatic carbocycles. The van der Waals surface area contributed by atoms with Crippen LogP contribution in [0, 0.1) is 3.57 Å². The van der Waals surface area contributed by atoms with Crippen LogP contribution >= 0.6 is 34.4 Å². The van der Waals surface area contributed by atoms with Crippen LogP contribution in [0.4, 0.5) is 0 Å². The quantitative estimate of drug-likeness (QED) is 0.128. The molecule has 2 atom stereocenters. The Morgan fingerprint density at radius 2 is 1.48 bits per heavy atom. The van der Waals surface area contributed by atoms with Crippen LogP contribution in [0.15, 0.2) is 59.5 Å². The summed E-state index contributed by atoms with van der Waals surface area (Å²) < 4.78 is 1.25. The standard InChI is InChI=1S/C27H37IO2S/c1-2-25(31-26-15-9-6-10-16-26)14-8-5-3-4-7-12-22(13-11-17-27(29)30)23-18-20-24(28)21-19-23/h6,9-10,15-16,18-22,25H,2-5,7-8,11-14,17H2,1H3,(H,29,30). The normalized spacial score (nSPS) is 13.1. The van der Waals surface area contributed by atoms with Crippen LogP contribution < -0.4 is 0 Å². The molecule has 2 aromatic rings. The predicted octanol–water partition coefficient (Wildman–Crippen LogP) is 8.93. The first-order valence-electron chi connectivity index (χ1n) is 11.8. The van der Waals surface area contributed by atoms with Crippen molar-refractivity contribution in [1.82, 2.24) is 0 Å². The number of carbonyl (C=O) groups is 1. The minimum Gasteiger partial charge on any atom is -0.481 e. The van der Waals surface area contributed by atoms with Crippen molar-refractivity contribution in [3.05, 3.63) is 63.7 Å². The molecule has 31 heavy (non-hydrogen) atoms. The molecular formula is C27H37IO2S. The maximum absolute atomic E-state index is 10.9. The minimum atomic E-state index is -0.683. The number of hydrogen-bond donors (Lipinski definition) is 1. The fraction of sp³-hybridized carbons (Fsp3) is 0.519. The molecule has 1 N–H and O–H groups in total. The molecule has 2 nitrogen and oxygen atoms in total. The van der Waals surface area contributed by atoms with Gasteiger partial charge in [-0.25, -0.2) is 0 Å². The van der Waals surface area contributed by atoms with Gasteiger partial charge in [0, 0.05) is 20.1 Å². The first-order chi connectivity index (χ1) is 15.1. The van der Waals surface area contributed by atoms with Crippen molar-refractivity contribution in [3.8, 4) is 0 Å². The smallest absolute Gasteiger partial charge is 0.303 e. The van der Waals surface area contributed by atoms with Gasteiger partial charge in [-0.1, -0.05) is 69.4 Å². The molecule has 0 fully saturated rings. The lowest BCUT2D eigenvalue weighted by molar-refractivity contribution is -0.137. The highest BCUT2D eigenvalue weighted by Gasteiger charge is 2.13. The molecule has 0 bridgehead atoms. The lowest BCUT2D eigenvalue weighted by atomic mass is 9.88. The molecule has 2 aromatic carbocycles. The molecule has 0 saturated carbocycles. The molecule has 0 amide bonds. The SMILES string of the molecule is CCC(CCCCCCCC(CCCC(=O)O)c1ccc(I)cc1)Sc1ccccc1. The van der Waals surface area contributed by atoms with Crippen LogP contribution in [0.3, 0.4) is 0 Å². The van der Waals surface area contributed by atoms with Crippen LogP contribution in [0.5, 0.6) is 0 Å². The van der Waals surface area contributed by atoms with Crippen LogP contribution in [0.2, 0.25) is 0 Å². The Morgan fingerprint density at radius 1 is 0.871 bits per heavy atom. The zero-order valence-electron chi connectivity index (χ0n) is 18.8. The fourth-order valence-electron chi connectivity index (χ4n) is 4.04. The first-order valence-corrected chi connectivity index (χ1v) is 13.7. The van der Waals surface area contributed by atoms with Gasteiger partial charge in [-0.3, -0.25) is 4.79 Å². The zero-order chi connectivity index (χ0) is 22.3. The van der Waals surface area contributed by atoms with E-state index in [0.717, 1.165) is 18.1 Å². The number of rotatable bonds is 16. The first kappa shape index (κ1) is 26.2. The van der Waals surface area contributed by atoms with Gasteiger partial charge in [0.1, 0.15) is 0 Å². The molecule has 0 aliphatic heterocycles. The molecule has 0 saturated heterocycles. The Morgan fingerprint density at radius 3 is 2.13 bits per heavy atom. The van der Waals surface area contributed by atoms with Gasteiger partial charge in [0.25, 0.3) is 0 Å². The van der Waals surface area contributed by atoms with Gasteiger partial charge in [0.15, 0.2) is 0 Å². The molecule has 0 spiro atoms. The summed E-state index contributed by atoms with van der Waals surface area (Å²) in [5, 5.41) is 9.69. The lowest BCUT2D eigenvalue weighted by Gasteiger charge is -2.17. The summed E-state index contributed by atoms with van der Waals surface area (Å²) in [6, 6.07) is 19.5. The Balaban J connectivity index is 1.65. The van der Waals surface area contributed by atoms with Crippen molar-refractivity contribution in [3.63, 3.8) is 0 Å². The van der Waals surface area contributed by atoms with Crippen molar-refractivity contribution in [2.75, 3.05) is 0 Å². The van der Waals surface area contributed by atoms with Crippen molar-refractivity contribution in [2.45, 2.75) is 93.6 Å². The van der Waals surface area contributed by atoms with Gasteiger partial charge in [-0.05, 0) is 90.4 Å². The third-order valence-electron chi connectivity index (χ3n) is 5.86. The van der Waals surface area contributed by atoms with Gasteiger partial charge in [0.05, 0.1) is 0 Å². The number of unbranched alkanes of at least 4 members (excludes halogenated alkanes) is 4. The minimum absolute atomic E-state index is 0.278. The number of thioether (sulfide) groups is 1. The van der Waals surface area contributed by atoms with Gasteiger partial charge in [-0.15, -0.1) is 11.8 Å². The van der Waals surface area contributed by atoms with Gasteiger partial charge >= 0.3 is 5.97 Å². The molecule has 170 valence electrons. The van der Waals surface area contributed by atoms with Crippen molar-refractivity contribution in [1.29, 1.82) is 0 Å².